The van der Waals surface area contributed by atoms with E-state index in [1.54, 1.807) is 0 Å². The standard InChI is InChI=1S/C23H46O2/c1-12-18(13-2)20(19(14-3)15-4)25-21(24)23(11,16(5)6)17(7)22(8,9)10/h16-20H,12-15H2,1-11H3. The molecule has 150 valence electrons. The number of rotatable bonds is 10. The number of carbonyl (C=O) groups excluding carboxylic acids is 1. The number of esters is 1. The summed E-state index contributed by atoms with van der Waals surface area (Å²) in [6, 6.07) is 0. The third kappa shape index (κ3) is 5.73. The summed E-state index contributed by atoms with van der Waals surface area (Å²) in [4.78, 5) is 13.5. The third-order valence-electron chi connectivity index (χ3n) is 7.11. The second-order valence-corrected chi connectivity index (χ2v) is 9.55. The molecule has 0 saturated heterocycles. The lowest BCUT2D eigenvalue weighted by molar-refractivity contribution is -0.177. The lowest BCUT2D eigenvalue weighted by atomic mass is 9.61. The van der Waals surface area contributed by atoms with Gasteiger partial charge in [-0.05, 0) is 61.7 Å². The Morgan fingerprint density at radius 2 is 1.16 bits per heavy atom. The van der Waals surface area contributed by atoms with Crippen molar-refractivity contribution in [3.63, 3.8) is 0 Å². The summed E-state index contributed by atoms with van der Waals surface area (Å²) in [6.07, 6.45) is 4.31. The highest BCUT2D eigenvalue weighted by atomic mass is 16.5. The zero-order valence-electron chi connectivity index (χ0n) is 19.0. The summed E-state index contributed by atoms with van der Waals surface area (Å²) < 4.78 is 6.34. The van der Waals surface area contributed by atoms with E-state index in [-0.39, 0.29) is 29.3 Å². The monoisotopic (exact) mass is 354 g/mol. The summed E-state index contributed by atoms with van der Waals surface area (Å²) in [7, 11) is 0. The molecule has 0 heterocycles. The molecular formula is C23H46O2. The largest absolute Gasteiger partial charge is 0.461 e. The van der Waals surface area contributed by atoms with Crippen LogP contribution in [0.1, 0.15) is 102 Å². The smallest absolute Gasteiger partial charge is 0.312 e. The second kappa shape index (κ2) is 9.97. The van der Waals surface area contributed by atoms with Gasteiger partial charge < -0.3 is 4.74 Å². The van der Waals surface area contributed by atoms with Crippen LogP contribution in [0.2, 0.25) is 0 Å². The van der Waals surface area contributed by atoms with Crippen molar-refractivity contribution in [2.45, 2.75) is 108 Å². The quantitative estimate of drug-likeness (QED) is 0.390. The van der Waals surface area contributed by atoms with E-state index < -0.39 is 5.41 Å². The van der Waals surface area contributed by atoms with E-state index >= 15 is 0 Å². The minimum Gasteiger partial charge on any atom is -0.461 e. The summed E-state index contributed by atoms with van der Waals surface area (Å²) >= 11 is 0. The molecule has 0 N–H and O–H groups in total. The van der Waals surface area contributed by atoms with Crippen LogP contribution < -0.4 is 0 Å². The minimum absolute atomic E-state index is 0.00808. The van der Waals surface area contributed by atoms with E-state index in [0.717, 1.165) is 25.7 Å². The van der Waals surface area contributed by atoms with Crippen molar-refractivity contribution in [3.8, 4) is 0 Å². The highest BCUT2D eigenvalue weighted by molar-refractivity contribution is 5.77. The first-order valence-corrected chi connectivity index (χ1v) is 10.6. The van der Waals surface area contributed by atoms with Gasteiger partial charge in [0.15, 0.2) is 0 Å². The Labute approximate surface area is 158 Å². The number of ether oxygens (including phenoxy) is 1. The molecule has 0 aromatic rings. The van der Waals surface area contributed by atoms with Crippen LogP contribution in [-0.2, 0) is 9.53 Å². The molecule has 0 rings (SSSR count). The fraction of sp³-hybridized carbons (Fsp3) is 0.957. The van der Waals surface area contributed by atoms with Crippen molar-refractivity contribution < 1.29 is 9.53 Å². The van der Waals surface area contributed by atoms with Crippen LogP contribution in [0, 0.1) is 34.5 Å². The summed E-state index contributed by atoms with van der Waals surface area (Å²) in [5.74, 6) is 1.41. The van der Waals surface area contributed by atoms with Crippen molar-refractivity contribution in [3.05, 3.63) is 0 Å². The van der Waals surface area contributed by atoms with Gasteiger partial charge in [0.2, 0.25) is 0 Å². The molecule has 0 aromatic carbocycles. The van der Waals surface area contributed by atoms with Gasteiger partial charge in [0.05, 0.1) is 5.41 Å². The van der Waals surface area contributed by atoms with Crippen molar-refractivity contribution >= 4 is 5.97 Å². The van der Waals surface area contributed by atoms with Crippen LogP contribution in [0.25, 0.3) is 0 Å². The van der Waals surface area contributed by atoms with Gasteiger partial charge in [-0.3, -0.25) is 4.79 Å². The average Bonchev–Trinajstić information content (AvgIpc) is 2.54. The summed E-state index contributed by atoms with van der Waals surface area (Å²) in [5.41, 5.74) is -0.397. The van der Waals surface area contributed by atoms with Gasteiger partial charge in [0.1, 0.15) is 6.10 Å². The molecule has 0 saturated carbocycles. The molecule has 0 radical (unpaired) electrons. The Balaban J connectivity index is 5.75. The maximum absolute atomic E-state index is 13.5. The Hall–Kier alpha value is -0.530. The molecule has 0 aliphatic carbocycles. The van der Waals surface area contributed by atoms with Crippen LogP contribution in [0.3, 0.4) is 0 Å². The Kier molecular flexibility index (Phi) is 9.76. The summed E-state index contributed by atoms with van der Waals surface area (Å²) in [5, 5.41) is 0. The molecule has 0 spiro atoms. The van der Waals surface area contributed by atoms with Crippen molar-refractivity contribution in [2.24, 2.45) is 34.5 Å². The van der Waals surface area contributed by atoms with Crippen molar-refractivity contribution in [1.29, 1.82) is 0 Å². The van der Waals surface area contributed by atoms with Crippen LogP contribution in [-0.4, -0.2) is 12.1 Å². The van der Waals surface area contributed by atoms with Gasteiger partial charge in [-0.15, -0.1) is 0 Å². The molecule has 2 nitrogen and oxygen atoms in total. The van der Waals surface area contributed by atoms with Crippen molar-refractivity contribution in [1.82, 2.24) is 0 Å². The normalized spacial score (nSPS) is 16.6. The summed E-state index contributed by atoms with van der Waals surface area (Å²) in [6.45, 7) is 24.2. The molecule has 0 aliphatic rings. The fourth-order valence-electron chi connectivity index (χ4n) is 4.15. The molecule has 0 fully saturated rings. The van der Waals surface area contributed by atoms with Gasteiger partial charge in [-0.25, -0.2) is 0 Å². The second-order valence-electron chi connectivity index (χ2n) is 9.55. The lowest BCUT2D eigenvalue weighted by Gasteiger charge is -2.45. The Bertz CT molecular complexity index is 373. The van der Waals surface area contributed by atoms with Crippen LogP contribution >= 0.6 is 0 Å². The fourth-order valence-corrected chi connectivity index (χ4v) is 4.15. The molecule has 2 atom stereocenters. The zero-order chi connectivity index (χ0) is 20.0. The average molecular weight is 355 g/mol. The lowest BCUT2D eigenvalue weighted by Crippen LogP contribution is -2.48. The topological polar surface area (TPSA) is 26.3 Å². The molecule has 0 aliphatic heterocycles. The van der Waals surface area contributed by atoms with Crippen molar-refractivity contribution in [2.75, 3.05) is 0 Å². The number of hydrogen-bond donors (Lipinski definition) is 0. The highest BCUT2D eigenvalue weighted by Crippen LogP contribution is 2.46. The number of hydrogen-bond acceptors (Lipinski definition) is 2. The molecule has 0 aromatic heterocycles. The van der Waals surface area contributed by atoms with Crippen LogP contribution in [0.5, 0.6) is 0 Å². The van der Waals surface area contributed by atoms with Gasteiger partial charge in [-0.2, -0.15) is 0 Å². The molecule has 0 amide bonds. The zero-order valence-corrected chi connectivity index (χ0v) is 19.0. The Morgan fingerprint density at radius 1 is 0.800 bits per heavy atom. The maximum Gasteiger partial charge on any atom is 0.312 e. The third-order valence-corrected chi connectivity index (χ3v) is 7.11. The first kappa shape index (κ1) is 24.5. The molecule has 0 bridgehead atoms. The van der Waals surface area contributed by atoms with Crippen LogP contribution in [0.4, 0.5) is 0 Å². The molecule has 25 heavy (non-hydrogen) atoms. The van der Waals surface area contributed by atoms with E-state index in [1.807, 2.05) is 0 Å². The van der Waals surface area contributed by atoms with E-state index in [0.29, 0.717) is 11.8 Å². The van der Waals surface area contributed by atoms with Gasteiger partial charge >= 0.3 is 5.97 Å². The predicted octanol–water partition coefficient (Wildman–Crippen LogP) is 7.12. The predicted molar refractivity (Wildman–Crippen MR) is 110 cm³/mol. The van der Waals surface area contributed by atoms with Gasteiger partial charge in [-0.1, -0.05) is 69.2 Å². The maximum atomic E-state index is 13.5. The molecular weight excluding hydrogens is 308 g/mol. The minimum atomic E-state index is -0.464. The van der Waals surface area contributed by atoms with E-state index in [1.165, 1.54) is 0 Å². The Morgan fingerprint density at radius 3 is 1.40 bits per heavy atom. The SMILES string of the molecule is CCC(CC)C(OC(=O)C(C)(C(C)C)C(C)C(C)(C)C)C(CC)CC. The van der Waals surface area contributed by atoms with E-state index in [9.17, 15) is 4.79 Å². The molecule has 2 heteroatoms. The first-order valence-electron chi connectivity index (χ1n) is 10.6. The number of carbonyl (C=O) groups is 1. The van der Waals surface area contributed by atoms with Gasteiger partial charge in [0, 0.05) is 0 Å². The van der Waals surface area contributed by atoms with Crippen LogP contribution in [0.15, 0.2) is 0 Å². The first-order chi connectivity index (χ1) is 11.4. The van der Waals surface area contributed by atoms with E-state index in [2.05, 4.69) is 76.2 Å². The van der Waals surface area contributed by atoms with Gasteiger partial charge in [0.25, 0.3) is 0 Å². The van der Waals surface area contributed by atoms with E-state index in [4.69, 9.17) is 4.74 Å². The molecule has 2 unspecified atom stereocenters. The highest BCUT2D eigenvalue weighted by Gasteiger charge is 2.48.